The van der Waals surface area contributed by atoms with E-state index in [0.717, 1.165) is 43.0 Å². The summed E-state index contributed by atoms with van der Waals surface area (Å²) in [6.07, 6.45) is 4.00. The third-order valence-corrected chi connectivity index (χ3v) is 7.01. The molecule has 0 bridgehead atoms. The molecule has 7 nitrogen and oxygen atoms in total. The Hall–Kier alpha value is -2.36. The maximum atomic E-state index is 13.5. The van der Waals surface area contributed by atoms with Crippen LogP contribution in [0.15, 0.2) is 34.2 Å². The summed E-state index contributed by atoms with van der Waals surface area (Å²) in [6.45, 7) is 0. The molecule has 29 heavy (non-hydrogen) atoms. The van der Waals surface area contributed by atoms with Crippen molar-refractivity contribution in [1.29, 1.82) is 0 Å². The first-order chi connectivity index (χ1) is 13.9. The van der Waals surface area contributed by atoms with Gasteiger partial charge in [0.1, 0.15) is 4.83 Å². The van der Waals surface area contributed by atoms with Gasteiger partial charge >= 0.3 is 6.03 Å². The summed E-state index contributed by atoms with van der Waals surface area (Å²) in [5.41, 5.74) is 6.54. The van der Waals surface area contributed by atoms with Gasteiger partial charge in [-0.05, 0) is 55.5 Å². The van der Waals surface area contributed by atoms with E-state index in [1.165, 1.54) is 9.44 Å². The number of nitrogens with one attached hydrogen (secondary N) is 1. The van der Waals surface area contributed by atoms with Crippen molar-refractivity contribution in [2.24, 2.45) is 5.73 Å². The topological polar surface area (TPSA) is 107 Å². The second-order valence-corrected chi connectivity index (χ2v) is 9.07. The zero-order valence-electron chi connectivity index (χ0n) is 15.2. The minimum atomic E-state index is -0.917. The number of thioether (sulfide) groups is 1. The number of carbonyl (C=O) groups excluding carboxylic acids is 2. The third-order valence-electron chi connectivity index (χ3n) is 4.64. The van der Waals surface area contributed by atoms with Crippen LogP contribution < -0.4 is 16.6 Å². The van der Waals surface area contributed by atoms with E-state index >= 15 is 0 Å². The molecule has 1 aromatic carbocycles. The number of aryl methyl sites for hydroxylation is 2. The highest BCUT2D eigenvalue weighted by Crippen LogP contribution is 2.35. The Bertz CT molecular complexity index is 1170. The van der Waals surface area contributed by atoms with Crippen LogP contribution in [0.5, 0.6) is 0 Å². The highest BCUT2D eigenvalue weighted by atomic mass is 35.5. The van der Waals surface area contributed by atoms with E-state index in [2.05, 4.69) is 0 Å². The molecule has 0 saturated carbocycles. The van der Waals surface area contributed by atoms with Gasteiger partial charge in [0.25, 0.3) is 5.56 Å². The number of imide groups is 1. The Kier molecular flexibility index (Phi) is 5.62. The molecule has 4 rings (SSSR count). The molecule has 3 aromatic rings. The predicted octanol–water partition coefficient (Wildman–Crippen LogP) is 3.27. The number of primary amides is 1. The van der Waals surface area contributed by atoms with Crippen LogP contribution in [0.1, 0.15) is 23.3 Å². The fraction of sp³-hybridized carbons (Fsp3) is 0.263. The third kappa shape index (κ3) is 4.03. The van der Waals surface area contributed by atoms with E-state index in [9.17, 15) is 14.4 Å². The number of fused-ring (bicyclic) bond motifs is 3. The lowest BCUT2D eigenvalue weighted by Gasteiger charge is -2.13. The molecule has 0 saturated heterocycles. The predicted molar refractivity (Wildman–Crippen MR) is 115 cm³/mol. The molecule has 3 N–H and O–H groups in total. The number of halogens is 1. The number of nitrogens with zero attached hydrogens (tertiary/aromatic N) is 2. The summed E-state index contributed by atoms with van der Waals surface area (Å²) < 4.78 is 1.50. The lowest BCUT2D eigenvalue weighted by molar-refractivity contribution is -0.117. The number of thiophene rings is 1. The Balaban J connectivity index is 1.84. The van der Waals surface area contributed by atoms with E-state index in [1.54, 1.807) is 35.6 Å². The minimum Gasteiger partial charge on any atom is -0.351 e. The van der Waals surface area contributed by atoms with Crippen LogP contribution in [0.25, 0.3) is 15.9 Å². The summed E-state index contributed by atoms with van der Waals surface area (Å²) in [4.78, 5) is 42.9. The van der Waals surface area contributed by atoms with Crippen molar-refractivity contribution >= 4 is 56.9 Å². The maximum absolute atomic E-state index is 13.5. The van der Waals surface area contributed by atoms with Gasteiger partial charge in [0.05, 0.1) is 16.8 Å². The normalized spacial score (nSPS) is 13.3. The van der Waals surface area contributed by atoms with Gasteiger partial charge in [0.15, 0.2) is 5.16 Å². The van der Waals surface area contributed by atoms with Crippen molar-refractivity contribution in [3.05, 3.63) is 50.1 Å². The molecular weight excluding hydrogens is 432 g/mol. The summed E-state index contributed by atoms with van der Waals surface area (Å²) in [6, 6.07) is 5.96. The number of benzene rings is 1. The molecule has 0 spiro atoms. The quantitative estimate of drug-likeness (QED) is 0.470. The van der Waals surface area contributed by atoms with Crippen LogP contribution in [-0.2, 0) is 17.6 Å². The Morgan fingerprint density at radius 1 is 1.24 bits per heavy atom. The number of rotatable bonds is 4. The fourth-order valence-electron chi connectivity index (χ4n) is 3.40. The first-order valence-electron chi connectivity index (χ1n) is 8.99. The van der Waals surface area contributed by atoms with Gasteiger partial charge in [-0.2, -0.15) is 0 Å². The molecule has 1 aliphatic carbocycles. The van der Waals surface area contributed by atoms with Crippen molar-refractivity contribution in [3.8, 4) is 5.69 Å². The Labute approximate surface area is 179 Å². The standard InChI is InChI=1S/C19H17ClN4O3S2/c20-10-5-7-11(8-6-10)24-17(26)15-12-3-1-2-4-13(12)29-16(15)23-19(24)28-9-14(25)22-18(21)27/h5-8H,1-4,9H2,(H3,21,22,25,27). The van der Waals surface area contributed by atoms with Gasteiger partial charge in [-0.15, -0.1) is 11.3 Å². The molecular formula is C19H17ClN4O3S2. The summed E-state index contributed by atoms with van der Waals surface area (Å²) in [7, 11) is 0. The van der Waals surface area contributed by atoms with Crippen LogP contribution in [0.4, 0.5) is 4.79 Å². The highest BCUT2D eigenvalue weighted by Gasteiger charge is 2.23. The van der Waals surface area contributed by atoms with Gasteiger partial charge in [-0.25, -0.2) is 9.78 Å². The number of nitrogens with two attached hydrogens (primary N) is 1. The van der Waals surface area contributed by atoms with Crippen LogP contribution in [0.2, 0.25) is 5.02 Å². The van der Waals surface area contributed by atoms with E-state index < -0.39 is 11.9 Å². The molecule has 0 fully saturated rings. The fourth-order valence-corrected chi connectivity index (χ4v) is 5.65. The monoisotopic (exact) mass is 448 g/mol. The molecule has 150 valence electrons. The van der Waals surface area contributed by atoms with E-state index in [1.807, 2.05) is 5.32 Å². The van der Waals surface area contributed by atoms with Crippen LogP contribution >= 0.6 is 34.7 Å². The molecule has 1 aliphatic rings. The largest absolute Gasteiger partial charge is 0.351 e. The first-order valence-corrected chi connectivity index (χ1v) is 11.2. The van der Waals surface area contributed by atoms with Crippen molar-refractivity contribution in [1.82, 2.24) is 14.9 Å². The lowest BCUT2D eigenvalue weighted by atomic mass is 9.97. The second-order valence-electron chi connectivity index (χ2n) is 6.60. The van der Waals surface area contributed by atoms with Crippen molar-refractivity contribution in [2.75, 3.05) is 5.75 Å². The van der Waals surface area contributed by atoms with Gasteiger partial charge in [-0.3, -0.25) is 19.5 Å². The van der Waals surface area contributed by atoms with E-state index in [-0.39, 0.29) is 11.3 Å². The van der Waals surface area contributed by atoms with Gasteiger partial charge in [0.2, 0.25) is 5.91 Å². The summed E-state index contributed by atoms with van der Waals surface area (Å²) >= 11 is 8.62. The lowest BCUT2D eigenvalue weighted by Crippen LogP contribution is -2.36. The van der Waals surface area contributed by atoms with Crippen LogP contribution in [0.3, 0.4) is 0 Å². The average molecular weight is 449 g/mol. The molecule has 0 atom stereocenters. The Morgan fingerprint density at radius 2 is 1.97 bits per heavy atom. The highest BCUT2D eigenvalue weighted by molar-refractivity contribution is 7.99. The van der Waals surface area contributed by atoms with Crippen LogP contribution in [0, 0.1) is 0 Å². The number of hydrogen-bond acceptors (Lipinski definition) is 6. The van der Waals surface area contributed by atoms with Gasteiger partial charge in [0, 0.05) is 9.90 Å². The molecule has 2 aromatic heterocycles. The number of urea groups is 1. The zero-order valence-corrected chi connectivity index (χ0v) is 17.6. The van der Waals surface area contributed by atoms with Crippen LogP contribution in [-0.4, -0.2) is 27.2 Å². The number of amides is 3. The first kappa shape index (κ1) is 19.9. The summed E-state index contributed by atoms with van der Waals surface area (Å²) in [5.74, 6) is -0.649. The number of carbonyl (C=O) groups is 2. The number of hydrogen-bond donors (Lipinski definition) is 2. The number of aromatic nitrogens is 2. The van der Waals surface area contributed by atoms with E-state index in [0.29, 0.717) is 26.1 Å². The molecule has 3 amide bonds. The SMILES string of the molecule is NC(=O)NC(=O)CSc1nc2sc3c(c2c(=O)n1-c1ccc(Cl)cc1)CCCC3. The second kappa shape index (κ2) is 8.17. The van der Waals surface area contributed by atoms with Gasteiger partial charge < -0.3 is 5.73 Å². The molecule has 10 heteroatoms. The smallest absolute Gasteiger partial charge is 0.318 e. The molecule has 0 radical (unpaired) electrons. The minimum absolute atomic E-state index is 0.0977. The van der Waals surface area contributed by atoms with E-state index in [4.69, 9.17) is 22.3 Å². The van der Waals surface area contributed by atoms with Crippen molar-refractivity contribution < 1.29 is 9.59 Å². The molecule has 0 aliphatic heterocycles. The van der Waals surface area contributed by atoms with Crippen molar-refractivity contribution in [3.63, 3.8) is 0 Å². The van der Waals surface area contributed by atoms with Gasteiger partial charge in [-0.1, -0.05) is 23.4 Å². The average Bonchev–Trinajstić information content (AvgIpc) is 3.05. The maximum Gasteiger partial charge on any atom is 0.318 e. The van der Waals surface area contributed by atoms with Crippen molar-refractivity contribution in [2.45, 2.75) is 30.8 Å². The summed E-state index contributed by atoms with van der Waals surface area (Å²) in [5, 5.41) is 3.61. The Morgan fingerprint density at radius 3 is 2.69 bits per heavy atom. The molecule has 0 unspecified atom stereocenters. The molecule has 2 heterocycles. The zero-order chi connectivity index (χ0) is 20.5.